The summed E-state index contributed by atoms with van der Waals surface area (Å²) in [7, 11) is 0. The molecule has 0 N–H and O–H groups in total. The summed E-state index contributed by atoms with van der Waals surface area (Å²) in [6, 6.07) is 9.17. The zero-order valence-electron chi connectivity index (χ0n) is 9.08. The zero-order chi connectivity index (χ0) is 11.8. The maximum atomic E-state index is 12.0. The predicted octanol–water partition coefficient (Wildman–Crippen LogP) is 1.89. The Morgan fingerprint density at radius 2 is 1.94 bits per heavy atom. The molecule has 0 unspecified atom stereocenters. The van der Waals surface area contributed by atoms with E-state index in [0.29, 0.717) is 0 Å². The quantitative estimate of drug-likeness (QED) is 0.727. The molecule has 1 saturated heterocycles. The second-order valence-electron chi connectivity index (χ2n) is 4.12. The number of ether oxygens (including phenoxy) is 1. The van der Waals surface area contributed by atoms with Gasteiger partial charge in [-0.1, -0.05) is 42.5 Å². The van der Waals surface area contributed by atoms with Crippen LogP contribution in [0.5, 0.6) is 0 Å². The van der Waals surface area contributed by atoms with Crippen molar-refractivity contribution >= 4 is 12.0 Å². The highest BCUT2D eigenvalue weighted by atomic mass is 16.6. The molecule has 86 valence electrons. The molecule has 4 nitrogen and oxygen atoms in total. The summed E-state index contributed by atoms with van der Waals surface area (Å²) in [5.41, 5.74) is 0.923. The lowest BCUT2D eigenvalue weighted by Crippen LogP contribution is -2.35. The largest absolute Gasteiger partial charge is 0.446 e. The third-order valence-corrected chi connectivity index (χ3v) is 2.96. The zero-order valence-corrected chi connectivity index (χ0v) is 9.08. The molecule has 0 bridgehead atoms. The van der Waals surface area contributed by atoms with Gasteiger partial charge >= 0.3 is 6.09 Å². The molecule has 1 aliphatic heterocycles. The van der Waals surface area contributed by atoms with Crippen LogP contribution in [-0.4, -0.2) is 23.5 Å². The van der Waals surface area contributed by atoms with Gasteiger partial charge in [0, 0.05) is 0 Å². The van der Waals surface area contributed by atoms with E-state index in [-0.39, 0.29) is 24.5 Å². The molecule has 0 saturated carbocycles. The first-order chi connectivity index (χ1) is 8.27. The van der Waals surface area contributed by atoms with Gasteiger partial charge in [0.1, 0.15) is 12.6 Å². The summed E-state index contributed by atoms with van der Waals surface area (Å²) in [4.78, 5) is 24.8. The van der Waals surface area contributed by atoms with Crippen molar-refractivity contribution < 1.29 is 14.3 Å². The number of hydrogen-bond acceptors (Lipinski definition) is 3. The SMILES string of the molecule is O=C1OC[C@H](c2ccccc2)N1C(=O)C1C=C1. The maximum absolute atomic E-state index is 12.0. The first kappa shape index (κ1) is 10.1. The highest BCUT2D eigenvalue weighted by molar-refractivity contribution is 5.98. The molecular formula is C13H11NO3. The molecule has 1 aromatic carbocycles. The van der Waals surface area contributed by atoms with Crippen molar-refractivity contribution in [1.29, 1.82) is 0 Å². The van der Waals surface area contributed by atoms with E-state index in [1.165, 1.54) is 4.90 Å². The van der Waals surface area contributed by atoms with Gasteiger partial charge in [-0.3, -0.25) is 4.79 Å². The molecule has 1 aromatic rings. The fraction of sp³-hybridized carbons (Fsp3) is 0.231. The Bertz CT molecular complexity index is 489. The van der Waals surface area contributed by atoms with E-state index in [0.717, 1.165) is 5.56 Å². The van der Waals surface area contributed by atoms with Crippen molar-refractivity contribution in [2.24, 2.45) is 5.92 Å². The second-order valence-corrected chi connectivity index (χ2v) is 4.12. The molecule has 17 heavy (non-hydrogen) atoms. The van der Waals surface area contributed by atoms with Crippen molar-refractivity contribution in [3.8, 4) is 0 Å². The average molecular weight is 229 g/mol. The minimum Gasteiger partial charge on any atom is -0.446 e. The molecule has 1 aliphatic carbocycles. The van der Waals surface area contributed by atoms with Crippen LogP contribution in [-0.2, 0) is 9.53 Å². The topological polar surface area (TPSA) is 46.6 Å². The molecule has 0 radical (unpaired) electrons. The Morgan fingerprint density at radius 3 is 2.59 bits per heavy atom. The van der Waals surface area contributed by atoms with Crippen molar-refractivity contribution in [2.45, 2.75) is 6.04 Å². The number of amides is 2. The monoisotopic (exact) mass is 229 g/mol. The van der Waals surface area contributed by atoms with Gasteiger partial charge in [0.15, 0.2) is 0 Å². The van der Waals surface area contributed by atoms with Gasteiger partial charge in [0.2, 0.25) is 5.91 Å². The van der Waals surface area contributed by atoms with Crippen molar-refractivity contribution in [3.63, 3.8) is 0 Å². The molecule has 3 rings (SSSR count). The van der Waals surface area contributed by atoms with Crippen LogP contribution in [0.15, 0.2) is 42.5 Å². The maximum Gasteiger partial charge on any atom is 0.417 e. The first-order valence-electron chi connectivity index (χ1n) is 5.50. The minimum absolute atomic E-state index is 0.193. The molecule has 2 aliphatic rings. The lowest BCUT2D eigenvalue weighted by Gasteiger charge is -2.19. The van der Waals surface area contributed by atoms with E-state index < -0.39 is 6.09 Å². The second kappa shape index (κ2) is 3.73. The third kappa shape index (κ3) is 1.71. The summed E-state index contributed by atoms with van der Waals surface area (Å²) in [6.07, 6.45) is 3.00. The number of nitrogens with zero attached hydrogens (tertiary/aromatic N) is 1. The fourth-order valence-electron chi connectivity index (χ4n) is 1.97. The number of rotatable bonds is 2. The van der Waals surface area contributed by atoms with Crippen LogP contribution in [0, 0.1) is 5.92 Å². The lowest BCUT2D eigenvalue weighted by molar-refractivity contribution is -0.129. The summed E-state index contributed by atoms with van der Waals surface area (Å²) in [5, 5.41) is 0. The first-order valence-corrected chi connectivity index (χ1v) is 5.50. The average Bonchev–Trinajstić information content (AvgIpc) is 3.13. The van der Waals surface area contributed by atoms with Gasteiger partial charge in [-0.05, 0) is 5.56 Å². The molecule has 1 heterocycles. The Balaban J connectivity index is 1.88. The van der Waals surface area contributed by atoms with Crippen molar-refractivity contribution in [2.75, 3.05) is 6.61 Å². The van der Waals surface area contributed by atoms with Gasteiger partial charge in [0.05, 0.1) is 5.92 Å². The summed E-state index contributed by atoms with van der Waals surface area (Å²) >= 11 is 0. The van der Waals surface area contributed by atoms with Crippen molar-refractivity contribution in [1.82, 2.24) is 4.90 Å². The van der Waals surface area contributed by atoms with E-state index in [1.54, 1.807) is 12.2 Å². The highest BCUT2D eigenvalue weighted by Gasteiger charge is 2.42. The number of benzene rings is 1. The number of hydrogen-bond donors (Lipinski definition) is 0. The van der Waals surface area contributed by atoms with E-state index in [4.69, 9.17) is 4.74 Å². The number of cyclic esters (lactones) is 1. The van der Waals surface area contributed by atoms with Gasteiger partial charge in [-0.15, -0.1) is 0 Å². The van der Waals surface area contributed by atoms with E-state index >= 15 is 0 Å². The van der Waals surface area contributed by atoms with E-state index in [2.05, 4.69) is 0 Å². The Labute approximate surface area is 98.5 Å². The third-order valence-electron chi connectivity index (χ3n) is 2.96. The number of carbonyl (C=O) groups excluding carboxylic acids is 2. The molecule has 1 fully saturated rings. The molecule has 2 amide bonds. The van der Waals surface area contributed by atoms with Crippen molar-refractivity contribution in [3.05, 3.63) is 48.0 Å². The minimum atomic E-state index is -0.544. The summed E-state index contributed by atoms with van der Waals surface area (Å²) < 4.78 is 4.97. The number of carbonyl (C=O) groups is 2. The number of imide groups is 1. The van der Waals surface area contributed by atoms with Gasteiger partial charge in [0.25, 0.3) is 0 Å². The normalized spacial score (nSPS) is 22.7. The Hall–Kier alpha value is -2.10. The molecule has 0 aromatic heterocycles. The van der Waals surface area contributed by atoms with Crippen LogP contribution in [0.4, 0.5) is 4.79 Å². The van der Waals surface area contributed by atoms with Crippen LogP contribution in [0.2, 0.25) is 0 Å². The highest BCUT2D eigenvalue weighted by Crippen LogP contribution is 2.31. The standard InChI is InChI=1S/C13H11NO3/c15-12(10-6-7-10)14-11(8-17-13(14)16)9-4-2-1-3-5-9/h1-7,10-11H,8H2/t11-/m1/s1. The fourth-order valence-corrected chi connectivity index (χ4v) is 1.97. The molecular weight excluding hydrogens is 218 g/mol. The van der Waals surface area contributed by atoms with Crippen LogP contribution >= 0.6 is 0 Å². The Kier molecular flexibility index (Phi) is 2.21. The summed E-state index contributed by atoms with van der Waals surface area (Å²) in [6.45, 7) is 0.237. The van der Waals surface area contributed by atoms with Gasteiger partial charge in [-0.2, -0.15) is 0 Å². The van der Waals surface area contributed by atoms with E-state index in [1.807, 2.05) is 30.3 Å². The Morgan fingerprint density at radius 1 is 1.24 bits per heavy atom. The van der Waals surface area contributed by atoms with Crippen LogP contribution in [0.1, 0.15) is 11.6 Å². The summed E-state index contributed by atoms with van der Waals surface area (Å²) in [5.74, 6) is -0.409. The van der Waals surface area contributed by atoms with Crippen LogP contribution in [0.3, 0.4) is 0 Å². The molecule has 4 heteroatoms. The smallest absolute Gasteiger partial charge is 0.417 e. The predicted molar refractivity (Wildman–Crippen MR) is 60.0 cm³/mol. The lowest BCUT2D eigenvalue weighted by atomic mass is 10.1. The van der Waals surface area contributed by atoms with E-state index in [9.17, 15) is 9.59 Å². The van der Waals surface area contributed by atoms with Gasteiger partial charge < -0.3 is 4.74 Å². The van der Waals surface area contributed by atoms with Gasteiger partial charge in [-0.25, -0.2) is 9.69 Å². The van der Waals surface area contributed by atoms with Crippen LogP contribution in [0.25, 0.3) is 0 Å². The molecule has 1 atom stereocenters. The van der Waals surface area contributed by atoms with Crippen LogP contribution < -0.4 is 0 Å². The molecule has 0 spiro atoms.